The SMILES string of the molecule is COC(=O)c1nc(C)cc(NC(C)CCC(=O)O)n1. The van der Waals surface area contributed by atoms with Gasteiger partial charge in [-0.2, -0.15) is 0 Å². The van der Waals surface area contributed by atoms with E-state index in [4.69, 9.17) is 5.11 Å². The van der Waals surface area contributed by atoms with Crippen molar-refractivity contribution in [1.29, 1.82) is 0 Å². The number of nitrogens with zero attached hydrogens (tertiary/aromatic N) is 2. The molecule has 0 aliphatic carbocycles. The maximum absolute atomic E-state index is 11.4. The number of carbonyl (C=O) groups is 2. The fraction of sp³-hybridized carbons (Fsp3) is 0.500. The summed E-state index contributed by atoms with van der Waals surface area (Å²) in [5.41, 5.74) is 0.628. The van der Waals surface area contributed by atoms with Crippen LogP contribution in [0.1, 0.15) is 36.1 Å². The van der Waals surface area contributed by atoms with Crippen molar-refractivity contribution in [2.24, 2.45) is 0 Å². The number of methoxy groups -OCH3 is 1. The van der Waals surface area contributed by atoms with E-state index in [0.717, 1.165) is 0 Å². The van der Waals surface area contributed by atoms with Gasteiger partial charge in [0, 0.05) is 24.2 Å². The van der Waals surface area contributed by atoms with E-state index in [9.17, 15) is 9.59 Å². The summed E-state index contributed by atoms with van der Waals surface area (Å²) in [6.07, 6.45) is 0.536. The summed E-state index contributed by atoms with van der Waals surface area (Å²) in [5, 5.41) is 11.6. The maximum atomic E-state index is 11.4. The molecule has 0 bridgehead atoms. The topological polar surface area (TPSA) is 101 Å². The highest BCUT2D eigenvalue weighted by Crippen LogP contribution is 2.10. The van der Waals surface area contributed by atoms with Crippen LogP contribution in [0.4, 0.5) is 5.82 Å². The molecule has 104 valence electrons. The molecule has 1 atom stereocenters. The molecule has 19 heavy (non-hydrogen) atoms. The summed E-state index contributed by atoms with van der Waals surface area (Å²) in [6.45, 7) is 3.58. The number of anilines is 1. The van der Waals surface area contributed by atoms with Gasteiger partial charge >= 0.3 is 11.9 Å². The molecule has 1 heterocycles. The van der Waals surface area contributed by atoms with Crippen molar-refractivity contribution < 1.29 is 19.4 Å². The summed E-state index contributed by atoms with van der Waals surface area (Å²) in [4.78, 5) is 29.8. The van der Waals surface area contributed by atoms with Crippen molar-refractivity contribution in [2.45, 2.75) is 32.7 Å². The van der Waals surface area contributed by atoms with E-state index in [-0.39, 0.29) is 18.3 Å². The van der Waals surface area contributed by atoms with Crippen LogP contribution >= 0.6 is 0 Å². The lowest BCUT2D eigenvalue weighted by atomic mass is 10.2. The first-order valence-electron chi connectivity index (χ1n) is 5.84. The molecule has 0 aromatic carbocycles. The molecule has 0 radical (unpaired) electrons. The number of esters is 1. The molecular weight excluding hydrogens is 250 g/mol. The molecule has 0 amide bonds. The van der Waals surface area contributed by atoms with E-state index >= 15 is 0 Å². The molecule has 7 nitrogen and oxygen atoms in total. The molecule has 1 aromatic heterocycles. The molecule has 1 aromatic rings. The second kappa shape index (κ2) is 6.67. The van der Waals surface area contributed by atoms with Crippen LogP contribution < -0.4 is 5.32 Å². The Kier molecular flexibility index (Phi) is 5.23. The van der Waals surface area contributed by atoms with Crippen molar-refractivity contribution in [3.63, 3.8) is 0 Å². The summed E-state index contributed by atoms with van der Waals surface area (Å²) < 4.78 is 4.56. The highest BCUT2D eigenvalue weighted by molar-refractivity contribution is 5.85. The number of rotatable bonds is 6. The number of carbonyl (C=O) groups excluding carboxylic acids is 1. The number of hydrogen-bond acceptors (Lipinski definition) is 6. The van der Waals surface area contributed by atoms with Crippen LogP contribution in [0, 0.1) is 6.92 Å². The zero-order valence-electron chi connectivity index (χ0n) is 11.1. The van der Waals surface area contributed by atoms with Gasteiger partial charge in [0.1, 0.15) is 5.82 Å². The maximum Gasteiger partial charge on any atom is 0.376 e. The van der Waals surface area contributed by atoms with Crippen LogP contribution in [0.2, 0.25) is 0 Å². The first kappa shape index (κ1) is 14.9. The first-order chi connectivity index (χ1) is 8.92. The lowest BCUT2D eigenvalue weighted by Gasteiger charge is -2.14. The zero-order valence-corrected chi connectivity index (χ0v) is 11.1. The molecular formula is C12H17N3O4. The van der Waals surface area contributed by atoms with Crippen molar-refractivity contribution in [3.8, 4) is 0 Å². The Morgan fingerprint density at radius 2 is 2.16 bits per heavy atom. The second-order valence-electron chi connectivity index (χ2n) is 4.19. The van der Waals surface area contributed by atoms with Gasteiger partial charge in [0.2, 0.25) is 5.82 Å². The number of carboxylic acids is 1. The van der Waals surface area contributed by atoms with Gasteiger partial charge in [-0.25, -0.2) is 14.8 Å². The zero-order chi connectivity index (χ0) is 14.4. The van der Waals surface area contributed by atoms with E-state index < -0.39 is 11.9 Å². The second-order valence-corrected chi connectivity index (χ2v) is 4.19. The molecule has 7 heteroatoms. The Balaban J connectivity index is 2.75. The average Bonchev–Trinajstić information content (AvgIpc) is 2.34. The van der Waals surface area contributed by atoms with Gasteiger partial charge in [-0.1, -0.05) is 0 Å². The molecule has 0 fully saturated rings. The Hall–Kier alpha value is -2.18. The Morgan fingerprint density at radius 1 is 1.47 bits per heavy atom. The van der Waals surface area contributed by atoms with Crippen molar-refractivity contribution in [1.82, 2.24) is 9.97 Å². The fourth-order valence-corrected chi connectivity index (χ4v) is 1.49. The van der Waals surface area contributed by atoms with Gasteiger partial charge < -0.3 is 15.2 Å². The number of aliphatic carboxylic acids is 1. The number of ether oxygens (including phenoxy) is 1. The standard InChI is InChI=1S/C12H17N3O4/c1-7(4-5-10(16)17)13-9-6-8(2)14-11(15-9)12(18)19-3/h6-7H,4-5H2,1-3H3,(H,16,17)(H,13,14,15). The van der Waals surface area contributed by atoms with E-state index in [2.05, 4.69) is 20.0 Å². The Morgan fingerprint density at radius 3 is 2.74 bits per heavy atom. The molecule has 0 aliphatic rings. The third-order valence-electron chi connectivity index (χ3n) is 2.41. The molecule has 0 saturated heterocycles. The van der Waals surface area contributed by atoms with Crippen molar-refractivity contribution in [3.05, 3.63) is 17.6 Å². The minimum atomic E-state index is -0.845. The van der Waals surface area contributed by atoms with Gasteiger partial charge in [0.25, 0.3) is 0 Å². The predicted octanol–water partition coefficient (Wildman–Crippen LogP) is 1.24. The summed E-state index contributed by atoms with van der Waals surface area (Å²) >= 11 is 0. The number of aryl methyl sites for hydroxylation is 1. The normalized spacial score (nSPS) is 11.7. The monoisotopic (exact) mass is 267 g/mol. The van der Waals surface area contributed by atoms with Gasteiger partial charge in [0.05, 0.1) is 7.11 Å². The Labute approximate surface area is 111 Å². The molecule has 0 aliphatic heterocycles. The van der Waals surface area contributed by atoms with E-state index in [0.29, 0.717) is 17.9 Å². The van der Waals surface area contributed by atoms with Gasteiger partial charge in [0.15, 0.2) is 0 Å². The van der Waals surface area contributed by atoms with Crippen LogP contribution in [0.15, 0.2) is 6.07 Å². The molecule has 2 N–H and O–H groups in total. The van der Waals surface area contributed by atoms with Gasteiger partial charge in [-0.15, -0.1) is 0 Å². The highest BCUT2D eigenvalue weighted by Gasteiger charge is 2.13. The van der Waals surface area contributed by atoms with E-state index in [1.165, 1.54) is 7.11 Å². The van der Waals surface area contributed by atoms with Crippen LogP contribution in [0.5, 0.6) is 0 Å². The smallest absolute Gasteiger partial charge is 0.376 e. The van der Waals surface area contributed by atoms with Crippen LogP contribution in [0.3, 0.4) is 0 Å². The van der Waals surface area contributed by atoms with E-state index in [1.807, 2.05) is 6.92 Å². The number of aromatic nitrogens is 2. The number of carboxylic acid groups (broad SMARTS) is 1. The van der Waals surface area contributed by atoms with E-state index in [1.54, 1.807) is 13.0 Å². The summed E-state index contributed by atoms with van der Waals surface area (Å²) in [6, 6.07) is 1.61. The number of nitrogens with one attached hydrogen (secondary N) is 1. The third-order valence-corrected chi connectivity index (χ3v) is 2.41. The minimum absolute atomic E-state index is 0.0181. The number of hydrogen-bond donors (Lipinski definition) is 2. The van der Waals surface area contributed by atoms with Gasteiger partial charge in [-0.05, 0) is 20.3 Å². The quantitative estimate of drug-likeness (QED) is 0.747. The third kappa shape index (κ3) is 4.90. The molecule has 1 rings (SSSR count). The van der Waals surface area contributed by atoms with Crippen LogP contribution in [-0.4, -0.2) is 40.2 Å². The lowest BCUT2D eigenvalue weighted by Crippen LogP contribution is -2.19. The Bertz CT molecular complexity index is 476. The summed E-state index contributed by atoms with van der Waals surface area (Å²) in [5.74, 6) is -0.992. The van der Waals surface area contributed by atoms with Crippen molar-refractivity contribution in [2.75, 3.05) is 12.4 Å². The largest absolute Gasteiger partial charge is 0.481 e. The fourth-order valence-electron chi connectivity index (χ4n) is 1.49. The van der Waals surface area contributed by atoms with Crippen LogP contribution in [0.25, 0.3) is 0 Å². The minimum Gasteiger partial charge on any atom is -0.481 e. The highest BCUT2D eigenvalue weighted by atomic mass is 16.5. The predicted molar refractivity (Wildman–Crippen MR) is 68.1 cm³/mol. The van der Waals surface area contributed by atoms with Crippen molar-refractivity contribution >= 4 is 17.8 Å². The molecule has 1 unspecified atom stereocenters. The molecule has 0 saturated carbocycles. The average molecular weight is 267 g/mol. The van der Waals surface area contributed by atoms with Crippen LogP contribution in [-0.2, 0) is 9.53 Å². The molecule has 0 spiro atoms. The summed E-state index contributed by atoms with van der Waals surface area (Å²) in [7, 11) is 1.26. The lowest BCUT2D eigenvalue weighted by molar-refractivity contribution is -0.137. The first-order valence-corrected chi connectivity index (χ1v) is 5.84. The van der Waals surface area contributed by atoms with Gasteiger partial charge in [-0.3, -0.25) is 4.79 Å².